The minimum absolute atomic E-state index is 0.596. The van der Waals surface area contributed by atoms with Gasteiger partial charge in [0.05, 0.1) is 0 Å². The molecular weight excluding hydrogens is 236 g/mol. The van der Waals surface area contributed by atoms with Crippen molar-refractivity contribution in [1.82, 2.24) is 0 Å². The van der Waals surface area contributed by atoms with E-state index in [2.05, 4.69) is 66.2 Å². The third kappa shape index (κ3) is 1.69. The molecule has 0 aliphatic carbocycles. The molecule has 0 unspecified atom stereocenters. The van der Waals surface area contributed by atoms with Crippen LogP contribution in [0.15, 0.2) is 40.9 Å². The first-order valence-electron chi connectivity index (χ1n) is 4.86. The Labute approximate surface area is 93.1 Å². The van der Waals surface area contributed by atoms with E-state index < -0.39 is 0 Å². The van der Waals surface area contributed by atoms with Gasteiger partial charge in [0.1, 0.15) is 0 Å². The van der Waals surface area contributed by atoms with Crippen LogP contribution in [0.25, 0.3) is 10.8 Å². The quantitative estimate of drug-likeness (QED) is 0.685. The smallest absolute Gasteiger partial charge is 0.0253 e. The van der Waals surface area contributed by atoms with E-state index in [1.54, 1.807) is 0 Å². The highest BCUT2D eigenvalue weighted by molar-refractivity contribution is 9.10. The first-order chi connectivity index (χ1) is 6.68. The minimum atomic E-state index is 0.596. The molecule has 2 aromatic rings. The second-order valence-electron chi connectivity index (χ2n) is 3.88. The van der Waals surface area contributed by atoms with Gasteiger partial charge >= 0.3 is 0 Å². The number of fused-ring (bicyclic) bond motifs is 1. The molecule has 0 bridgehead atoms. The molecule has 14 heavy (non-hydrogen) atoms. The number of benzene rings is 2. The molecule has 0 saturated carbocycles. The third-order valence-corrected chi connectivity index (χ3v) is 3.21. The van der Waals surface area contributed by atoms with Crippen molar-refractivity contribution in [1.29, 1.82) is 0 Å². The maximum Gasteiger partial charge on any atom is 0.0253 e. The van der Waals surface area contributed by atoms with E-state index in [9.17, 15) is 0 Å². The van der Waals surface area contributed by atoms with Crippen LogP contribution >= 0.6 is 15.9 Å². The molecule has 0 aliphatic heterocycles. The van der Waals surface area contributed by atoms with E-state index in [4.69, 9.17) is 0 Å². The molecule has 0 aromatic heterocycles. The molecule has 2 rings (SSSR count). The number of rotatable bonds is 1. The standard InChI is InChI=1S/C13H13Br/c1-9(2)10-6-7-12-11(8-10)4-3-5-13(12)14/h3-9H,1-2H3. The van der Waals surface area contributed by atoms with Gasteiger partial charge in [-0.15, -0.1) is 0 Å². The van der Waals surface area contributed by atoms with E-state index in [-0.39, 0.29) is 0 Å². The molecule has 2 aromatic carbocycles. The van der Waals surface area contributed by atoms with Crippen molar-refractivity contribution in [3.8, 4) is 0 Å². The molecule has 0 amide bonds. The first-order valence-corrected chi connectivity index (χ1v) is 5.66. The fourth-order valence-electron chi connectivity index (χ4n) is 1.62. The van der Waals surface area contributed by atoms with Crippen LogP contribution in [0.3, 0.4) is 0 Å². The number of hydrogen-bond donors (Lipinski definition) is 0. The number of halogens is 1. The summed E-state index contributed by atoms with van der Waals surface area (Å²) in [6.45, 7) is 4.44. The van der Waals surface area contributed by atoms with Gasteiger partial charge < -0.3 is 0 Å². The molecule has 0 radical (unpaired) electrons. The average molecular weight is 249 g/mol. The summed E-state index contributed by atoms with van der Waals surface area (Å²) >= 11 is 3.56. The van der Waals surface area contributed by atoms with Gasteiger partial charge in [0.15, 0.2) is 0 Å². The zero-order valence-electron chi connectivity index (χ0n) is 8.42. The van der Waals surface area contributed by atoms with Gasteiger partial charge in [-0.25, -0.2) is 0 Å². The molecule has 0 N–H and O–H groups in total. The van der Waals surface area contributed by atoms with Gasteiger partial charge in [-0.1, -0.05) is 60.1 Å². The monoisotopic (exact) mass is 248 g/mol. The highest BCUT2D eigenvalue weighted by Gasteiger charge is 2.01. The fourth-order valence-corrected chi connectivity index (χ4v) is 2.14. The zero-order valence-corrected chi connectivity index (χ0v) is 10.0. The SMILES string of the molecule is CC(C)c1ccc2c(Br)cccc2c1. The summed E-state index contributed by atoms with van der Waals surface area (Å²) in [6, 6.07) is 13.0. The van der Waals surface area contributed by atoms with Crippen molar-refractivity contribution in [3.05, 3.63) is 46.4 Å². The lowest BCUT2D eigenvalue weighted by atomic mass is 9.99. The fraction of sp³-hybridized carbons (Fsp3) is 0.231. The zero-order chi connectivity index (χ0) is 10.1. The summed E-state index contributed by atoms with van der Waals surface area (Å²) in [6.07, 6.45) is 0. The van der Waals surface area contributed by atoms with Gasteiger partial charge in [0, 0.05) is 4.47 Å². The Morgan fingerprint density at radius 1 is 1.07 bits per heavy atom. The van der Waals surface area contributed by atoms with Crippen molar-refractivity contribution in [2.75, 3.05) is 0 Å². The lowest BCUT2D eigenvalue weighted by Crippen LogP contribution is -1.86. The lowest BCUT2D eigenvalue weighted by molar-refractivity contribution is 0.869. The van der Waals surface area contributed by atoms with Gasteiger partial charge in [-0.05, 0) is 28.3 Å². The predicted octanol–water partition coefficient (Wildman–Crippen LogP) is 4.73. The van der Waals surface area contributed by atoms with Crippen molar-refractivity contribution >= 4 is 26.7 Å². The van der Waals surface area contributed by atoms with Crippen molar-refractivity contribution in [2.24, 2.45) is 0 Å². The largest absolute Gasteiger partial charge is 0.0605 e. The van der Waals surface area contributed by atoms with Crippen LogP contribution in [0.5, 0.6) is 0 Å². The second-order valence-corrected chi connectivity index (χ2v) is 4.73. The van der Waals surface area contributed by atoms with Crippen LogP contribution < -0.4 is 0 Å². The third-order valence-electron chi connectivity index (χ3n) is 2.52. The summed E-state index contributed by atoms with van der Waals surface area (Å²) in [5, 5.41) is 2.60. The maximum atomic E-state index is 3.56. The predicted molar refractivity (Wildman–Crippen MR) is 65.7 cm³/mol. The molecule has 72 valence electrons. The van der Waals surface area contributed by atoms with Gasteiger partial charge in [0.2, 0.25) is 0 Å². The van der Waals surface area contributed by atoms with E-state index in [0.29, 0.717) is 5.92 Å². The normalized spacial score (nSPS) is 11.1. The summed E-state index contributed by atoms with van der Waals surface area (Å²) in [4.78, 5) is 0. The molecule has 0 saturated heterocycles. The van der Waals surface area contributed by atoms with Crippen LogP contribution in [0.2, 0.25) is 0 Å². The Hall–Kier alpha value is -0.820. The topological polar surface area (TPSA) is 0 Å². The molecular formula is C13H13Br. The molecule has 0 nitrogen and oxygen atoms in total. The molecule has 0 fully saturated rings. The van der Waals surface area contributed by atoms with E-state index in [1.165, 1.54) is 20.8 Å². The Bertz CT molecular complexity index is 458. The summed E-state index contributed by atoms with van der Waals surface area (Å²) in [5.41, 5.74) is 1.40. The summed E-state index contributed by atoms with van der Waals surface area (Å²) in [5.74, 6) is 0.596. The minimum Gasteiger partial charge on any atom is -0.0605 e. The van der Waals surface area contributed by atoms with Gasteiger partial charge in [-0.3, -0.25) is 0 Å². The highest BCUT2D eigenvalue weighted by atomic mass is 79.9. The van der Waals surface area contributed by atoms with Crippen molar-refractivity contribution < 1.29 is 0 Å². The van der Waals surface area contributed by atoms with Crippen LogP contribution in [0, 0.1) is 0 Å². The van der Waals surface area contributed by atoms with Gasteiger partial charge in [0.25, 0.3) is 0 Å². The Balaban J connectivity index is 2.67. The Morgan fingerprint density at radius 2 is 1.86 bits per heavy atom. The highest BCUT2D eigenvalue weighted by Crippen LogP contribution is 2.26. The van der Waals surface area contributed by atoms with Crippen LogP contribution in [-0.4, -0.2) is 0 Å². The lowest BCUT2D eigenvalue weighted by Gasteiger charge is -2.07. The van der Waals surface area contributed by atoms with Crippen molar-refractivity contribution in [3.63, 3.8) is 0 Å². The van der Waals surface area contributed by atoms with E-state index in [0.717, 1.165) is 0 Å². The summed E-state index contributed by atoms with van der Waals surface area (Å²) < 4.78 is 1.17. The van der Waals surface area contributed by atoms with Crippen molar-refractivity contribution in [2.45, 2.75) is 19.8 Å². The Morgan fingerprint density at radius 3 is 2.57 bits per heavy atom. The molecule has 1 heteroatoms. The molecule has 0 heterocycles. The van der Waals surface area contributed by atoms with Crippen LogP contribution in [-0.2, 0) is 0 Å². The van der Waals surface area contributed by atoms with E-state index in [1.807, 2.05) is 0 Å². The molecule has 0 aliphatic rings. The summed E-state index contributed by atoms with van der Waals surface area (Å²) in [7, 11) is 0. The van der Waals surface area contributed by atoms with Crippen LogP contribution in [0.4, 0.5) is 0 Å². The molecule has 0 spiro atoms. The molecule has 0 atom stereocenters. The maximum absolute atomic E-state index is 3.56. The van der Waals surface area contributed by atoms with Gasteiger partial charge in [-0.2, -0.15) is 0 Å². The first kappa shape index (κ1) is 9.72. The second kappa shape index (κ2) is 3.74. The Kier molecular flexibility index (Phi) is 2.60. The average Bonchev–Trinajstić information content (AvgIpc) is 2.17. The van der Waals surface area contributed by atoms with E-state index >= 15 is 0 Å². The number of hydrogen-bond acceptors (Lipinski definition) is 0. The van der Waals surface area contributed by atoms with Crippen LogP contribution in [0.1, 0.15) is 25.3 Å².